The molecule has 0 bridgehead atoms. The second kappa shape index (κ2) is 4.32. The summed E-state index contributed by atoms with van der Waals surface area (Å²) in [4.78, 5) is 11.6. The van der Waals surface area contributed by atoms with E-state index in [2.05, 4.69) is 22.0 Å². The zero-order valence-corrected chi connectivity index (χ0v) is 12.7. The lowest BCUT2D eigenvalue weighted by Gasteiger charge is -2.16. The molecule has 1 unspecified atom stereocenters. The third kappa shape index (κ3) is 1.74. The summed E-state index contributed by atoms with van der Waals surface area (Å²) < 4.78 is 5.34. The van der Waals surface area contributed by atoms with E-state index in [0.717, 1.165) is 21.9 Å². The van der Waals surface area contributed by atoms with Gasteiger partial charge in [0.25, 0.3) is 0 Å². The molecule has 0 fully saturated rings. The highest BCUT2D eigenvalue weighted by Crippen LogP contribution is 2.44. The highest BCUT2D eigenvalue weighted by molar-refractivity contribution is 9.09. The van der Waals surface area contributed by atoms with Crippen LogP contribution in [0.25, 0.3) is 10.8 Å². The average Bonchev–Trinajstić information content (AvgIpc) is 2.68. The number of esters is 1. The van der Waals surface area contributed by atoms with E-state index >= 15 is 0 Å². The highest BCUT2D eigenvalue weighted by atomic mass is 79.9. The quantitative estimate of drug-likeness (QED) is 0.451. The van der Waals surface area contributed by atoms with Gasteiger partial charge in [0.15, 0.2) is 0 Å². The lowest BCUT2D eigenvalue weighted by Crippen LogP contribution is -2.26. The van der Waals surface area contributed by atoms with Crippen LogP contribution in [-0.4, -0.2) is 5.97 Å². The molecule has 0 N–H and O–H groups in total. The van der Waals surface area contributed by atoms with E-state index in [1.807, 2.05) is 44.2 Å². The lowest BCUT2D eigenvalue weighted by molar-refractivity contribution is -0.137. The zero-order chi connectivity index (χ0) is 14.5. The number of ether oxygens (including phenoxy) is 1. The monoisotopic (exact) mass is 329 g/mol. The maximum atomic E-state index is 12.0. The normalized spacial score (nSPS) is 17.4. The molecular weight excluding hydrogens is 318 g/mol. The van der Waals surface area contributed by atoms with Crippen molar-refractivity contribution in [2.24, 2.45) is 0 Å². The third-order valence-corrected chi connectivity index (χ3v) is 4.48. The molecule has 2 aromatic rings. The van der Waals surface area contributed by atoms with E-state index in [-0.39, 0.29) is 10.8 Å². The van der Waals surface area contributed by atoms with Crippen molar-refractivity contribution >= 4 is 32.7 Å². The number of hydrogen-bond donors (Lipinski definition) is 0. The number of nitrogens with zero attached hydrogens (tertiary/aromatic N) is 1. The van der Waals surface area contributed by atoms with Gasteiger partial charge in [-0.15, -0.1) is 0 Å². The molecule has 0 saturated heterocycles. The molecule has 1 heterocycles. The van der Waals surface area contributed by atoms with Crippen molar-refractivity contribution in [3.63, 3.8) is 0 Å². The van der Waals surface area contributed by atoms with Crippen molar-refractivity contribution in [1.29, 1.82) is 5.26 Å². The maximum Gasteiger partial charge on any atom is 0.321 e. The van der Waals surface area contributed by atoms with Gasteiger partial charge < -0.3 is 4.74 Å². The fourth-order valence-corrected chi connectivity index (χ4v) is 2.89. The first-order valence-corrected chi connectivity index (χ1v) is 7.20. The lowest BCUT2D eigenvalue weighted by atomic mass is 9.82. The summed E-state index contributed by atoms with van der Waals surface area (Å²) in [6.07, 6.45) is 0. The van der Waals surface area contributed by atoms with Crippen LogP contribution in [0.15, 0.2) is 30.3 Å². The van der Waals surface area contributed by atoms with Crippen molar-refractivity contribution in [3.05, 3.63) is 41.5 Å². The Morgan fingerprint density at radius 2 is 2.00 bits per heavy atom. The molecule has 4 heteroatoms. The van der Waals surface area contributed by atoms with Gasteiger partial charge in [-0.2, -0.15) is 5.26 Å². The van der Waals surface area contributed by atoms with Crippen LogP contribution in [0.5, 0.6) is 5.75 Å². The summed E-state index contributed by atoms with van der Waals surface area (Å²) in [6, 6.07) is 11.8. The second-order valence-corrected chi connectivity index (χ2v) is 6.34. The fraction of sp³-hybridized carbons (Fsp3) is 0.250. The molecule has 100 valence electrons. The van der Waals surface area contributed by atoms with Crippen molar-refractivity contribution in [3.8, 4) is 11.8 Å². The van der Waals surface area contributed by atoms with E-state index in [9.17, 15) is 4.79 Å². The van der Waals surface area contributed by atoms with E-state index in [1.165, 1.54) is 0 Å². The predicted molar refractivity (Wildman–Crippen MR) is 79.9 cm³/mol. The Labute approximate surface area is 125 Å². The number of rotatable bonds is 1. The summed E-state index contributed by atoms with van der Waals surface area (Å²) >= 11 is 3.33. The van der Waals surface area contributed by atoms with E-state index in [1.54, 1.807) is 0 Å². The number of benzene rings is 2. The van der Waals surface area contributed by atoms with Crippen LogP contribution in [0.1, 0.15) is 29.8 Å². The predicted octanol–water partition coefficient (Wildman–Crippen LogP) is 4.00. The maximum absolute atomic E-state index is 12.0. The van der Waals surface area contributed by atoms with Crippen molar-refractivity contribution in [2.45, 2.75) is 24.1 Å². The number of hydrogen-bond acceptors (Lipinski definition) is 3. The van der Waals surface area contributed by atoms with Gasteiger partial charge >= 0.3 is 5.97 Å². The molecule has 0 saturated carbocycles. The Morgan fingerprint density at radius 3 is 2.70 bits per heavy atom. The van der Waals surface area contributed by atoms with E-state index < -0.39 is 5.41 Å². The van der Waals surface area contributed by atoms with Gasteiger partial charge in [-0.25, -0.2) is 0 Å². The molecule has 0 spiro atoms. The molecule has 0 aliphatic carbocycles. The molecule has 3 nitrogen and oxygen atoms in total. The summed E-state index contributed by atoms with van der Waals surface area (Å²) in [5.74, 6) is 0.383. The van der Waals surface area contributed by atoms with Gasteiger partial charge in [0.05, 0.1) is 11.5 Å². The van der Waals surface area contributed by atoms with Crippen LogP contribution < -0.4 is 4.74 Å². The van der Waals surface area contributed by atoms with E-state index in [0.29, 0.717) is 5.75 Å². The minimum atomic E-state index is -0.665. The summed E-state index contributed by atoms with van der Waals surface area (Å²) in [5, 5.41) is 11.0. The van der Waals surface area contributed by atoms with Crippen LogP contribution in [0.3, 0.4) is 0 Å². The second-order valence-electron chi connectivity index (χ2n) is 5.43. The minimum absolute atomic E-state index is 0.235. The smallest absolute Gasteiger partial charge is 0.321 e. The molecule has 0 amide bonds. The summed E-state index contributed by atoms with van der Waals surface area (Å²) in [6.45, 7) is 3.73. The highest BCUT2D eigenvalue weighted by Gasteiger charge is 2.42. The van der Waals surface area contributed by atoms with Crippen LogP contribution in [-0.2, 0) is 10.2 Å². The van der Waals surface area contributed by atoms with E-state index in [4.69, 9.17) is 10.00 Å². The summed E-state index contributed by atoms with van der Waals surface area (Å²) in [7, 11) is 0. The molecule has 2 aromatic carbocycles. The molecule has 20 heavy (non-hydrogen) atoms. The number of nitriles is 1. The van der Waals surface area contributed by atoms with Gasteiger partial charge in [-0.1, -0.05) is 34.1 Å². The Morgan fingerprint density at radius 1 is 1.30 bits per heavy atom. The van der Waals surface area contributed by atoms with Crippen molar-refractivity contribution < 1.29 is 9.53 Å². The SMILES string of the molecule is CC1(C)C(=O)Oc2ccc3ccc(C(Br)C#N)cc3c21. The first kappa shape index (κ1) is 13.1. The Balaban J connectivity index is 2.33. The standard InChI is InChI=1S/C16H12BrNO2/c1-16(2)14-11-7-10(12(17)8-18)4-3-9(11)5-6-13(14)20-15(16)19/h3-7,12H,1-2H3. The van der Waals surface area contributed by atoms with Crippen LogP contribution >= 0.6 is 15.9 Å². The molecule has 1 atom stereocenters. The molecule has 3 rings (SSSR count). The minimum Gasteiger partial charge on any atom is -0.426 e. The van der Waals surface area contributed by atoms with Gasteiger partial charge in [0.2, 0.25) is 0 Å². The number of carbonyl (C=O) groups excluding carboxylic acids is 1. The molecule has 0 radical (unpaired) electrons. The van der Waals surface area contributed by atoms with Crippen LogP contribution in [0.2, 0.25) is 0 Å². The van der Waals surface area contributed by atoms with Crippen LogP contribution in [0, 0.1) is 11.3 Å². The molecule has 0 aromatic heterocycles. The first-order valence-electron chi connectivity index (χ1n) is 6.28. The largest absolute Gasteiger partial charge is 0.426 e. The average molecular weight is 330 g/mol. The number of halogens is 1. The first-order chi connectivity index (χ1) is 9.45. The molecule has 1 aliphatic rings. The molecule has 1 aliphatic heterocycles. The Kier molecular flexibility index (Phi) is 2.84. The third-order valence-electron chi connectivity index (χ3n) is 3.75. The van der Waals surface area contributed by atoms with Gasteiger partial charge in [-0.3, -0.25) is 4.79 Å². The number of carbonyl (C=O) groups is 1. The topological polar surface area (TPSA) is 50.1 Å². The van der Waals surface area contributed by atoms with Crippen LogP contribution in [0.4, 0.5) is 0 Å². The summed E-state index contributed by atoms with van der Waals surface area (Å²) in [5.41, 5.74) is 1.12. The van der Waals surface area contributed by atoms with Gasteiger partial charge in [0, 0.05) is 5.56 Å². The van der Waals surface area contributed by atoms with Gasteiger partial charge in [-0.05, 0) is 42.3 Å². The zero-order valence-electron chi connectivity index (χ0n) is 11.1. The number of alkyl halides is 1. The number of fused-ring (bicyclic) bond motifs is 3. The van der Waals surface area contributed by atoms with Crippen molar-refractivity contribution in [2.75, 3.05) is 0 Å². The van der Waals surface area contributed by atoms with Crippen molar-refractivity contribution in [1.82, 2.24) is 0 Å². The van der Waals surface area contributed by atoms with Gasteiger partial charge in [0.1, 0.15) is 10.6 Å². The molecular formula is C16H12BrNO2. The Hall–Kier alpha value is -1.86. The fourth-order valence-electron chi connectivity index (χ4n) is 2.61. The Bertz CT molecular complexity index is 774.